The molecule has 3 N–H and O–H groups in total. The average molecular weight is 791 g/mol. The summed E-state index contributed by atoms with van der Waals surface area (Å²) >= 11 is 0. The van der Waals surface area contributed by atoms with Gasteiger partial charge in [-0.25, -0.2) is 14.0 Å². The minimum Gasteiger partial charge on any atom is -0.482 e. The van der Waals surface area contributed by atoms with Gasteiger partial charge < -0.3 is 28.8 Å². The van der Waals surface area contributed by atoms with Crippen LogP contribution in [0.15, 0.2) is 47.4 Å². The summed E-state index contributed by atoms with van der Waals surface area (Å²) in [5.41, 5.74) is -0.600. The second-order valence-electron chi connectivity index (χ2n) is 17.4. The molecule has 56 heavy (non-hydrogen) atoms. The molecule has 3 aliphatic carbocycles. The Morgan fingerprint density at radius 1 is 1.09 bits per heavy atom. The molecule has 8 atom stereocenters. The minimum absolute atomic E-state index is 0.0282. The van der Waals surface area contributed by atoms with E-state index in [0.29, 0.717) is 59.0 Å². The molecule has 1 saturated heterocycles. The van der Waals surface area contributed by atoms with E-state index in [1.807, 2.05) is 60.6 Å². The number of ether oxygens (including phenoxy) is 4. The number of hydrogen-bond acceptors (Lipinski definition) is 11. The number of fused-ring (bicyclic) bond motifs is 4. The van der Waals surface area contributed by atoms with Crippen molar-refractivity contribution in [1.82, 2.24) is 14.8 Å². The molecule has 2 aromatic rings. The zero-order chi connectivity index (χ0) is 40.3. The normalized spacial score (nSPS) is 32.4. The van der Waals surface area contributed by atoms with Crippen molar-refractivity contribution in [2.24, 2.45) is 17.8 Å². The minimum atomic E-state index is -5.17. The Balaban J connectivity index is 1.44. The van der Waals surface area contributed by atoms with Gasteiger partial charge in [-0.3, -0.25) is 14.6 Å². The molecule has 14 nitrogen and oxygen atoms in total. The van der Waals surface area contributed by atoms with Gasteiger partial charge in [-0.05, 0) is 93.2 Å². The fraction of sp³-hybridized carbons (Fsp3) is 0.561. The van der Waals surface area contributed by atoms with Crippen LogP contribution in [0, 0.1) is 17.8 Å². The quantitative estimate of drug-likeness (QED) is 0.0980. The Morgan fingerprint density at radius 2 is 1.82 bits per heavy atom. The highest BCUT2D eigenvalue weighted by Crippen LogP contribution is 2.76. The first kappa shape index (κ1) is 38.6. The Labute approximate surface area is 326 Å². The number of nitrogens with one attached hydrogen (secondary N) is 1. The van der Waals surface area contributed by atoms with Crippen LogP contribution in [-0.2, 0) is 30.0 Å². The molecule has 15 heteroatoms. The summed E-state index contributed by atoms with van der Waals surface area (Å²) in [6, 6.07) is -1.28. The standard InChI is InChI=1S/C41H51N4O10P/c1-21(2)11-10-16-39(8)17-15-25-32(52-39)24(13-12-22(3)4)33-28(34(25)54-56(48,49)50)30-29-31(45-37(44-30)42-20-43-45)26-19-27-38(6,7)55-40(35(26)46,41(27,29)53-33)18-14-23(5)36(47)51-9/h11-12,14-15,17,20,26-27,29-31H,10,13,16,18-19H2,1-9H3,(H,42,43,44)(H2,48,49,50)/b23-14-. The van der Waals surface area contributed by atoms with E-state index >= 15 is 4.79 Å². The van der Waals surface area contributed by atoms with Crippen molar-refractivity contribution in [3.8, 4) is 17.2 Å². The average Bonchev–Trinajstić information content (AvgIpc) is 3.64. The van der Waals surface area contributed by atoms with Crippen LogP contribution in [0.2, 0.25) is 0 Å². The van der Waals surface area contributed by atoms with Crippen LogP contribution in [0.1, 0.15) is 110 Å². The number of esters is 1. The van der Waals surface area contributed by atoms with Gasteiger partial charge in [0.1, 0.15) is 23.4 Å². The fourth-order valence-electron chi connectivity index (χ4n) is 10.6. The molecule has 0 amide bonds. The van der Waals surface area contributed by atoms with Crippen LogP contribution in [0.5, 0.6) is 17.2 Å². The van der Waals surface area contributed by atoms with Crippen molar-refractivity contribution in [2.45, 2.75) is 122 Å². The summed E-state index contributed by atoms with van der Waals surface area (Å²) in [5.74, 6) is -1.12. The lowest BCUT2D eigenvalue weighted by atomic mass is 9.44. The van der Waals surface area contributed by atoms with Crippen molar-refractivity contribution < 1.29 is 47.4 Å². The summed E-state index contributed by atoms with van der Waals surface area (Å²) < 4.78 is 47.2. The molecule has 4 fully saturated rings. The van der Waals surface area contributed by atoms with E-state index in [9.17, 15) is 19.1 Å². The number of rotatable bonds is 10. The number of Topliss-reactive ketones (excluding diaryl/α,β-unsaturated/α-hetero) is 1. The number of allylic oxidation sites excluding steroid dienone is 4. The Hall–Kier alpha value is -4.23. The highest BCUT2D eigenvalue weighted by Gasteiger charge is 2.86. The van der Waals surface area contributed by atoms with Crippen molar-refractivity contribution in [2.75, 3.05) is 12.4 Å². The molecule has 4 aliphatic heterocycles. The number of carbonyl (C=O) groups is 2. The molecular formula is C41H51N4O10P. The number of carbonyl (C=O) groups excluding carboxylic acids is 2. The first-order valence-corrected chi connectivity index (χ1v) is 20.8. The van der Waals surface area contributed by atoms with Crippen LogP contribution in [0.3, 0.4) is 0 Å². The molecule has 1 aromatic heterocycles. The lowest BCUT2D eigenvalue weighted by molar-refractivity contribution is -0.224. The number of aromatic nitrogens is 3. The number of methoxy groups -OCH3 is 1. The number of phosphoric ester groups is 1. The Kier molecular flexibility index (Phi) is 8.89. The summed E-state index contributed by atoms with van der Waals surface area (Å²) in [6.45, 7) is 15.7. The maximum absolute atomic E-state index is 15.3. The highest BCUT2D eigenvalue weighted by atomic mass is 31.2. The van der Waals surface area contributed by atoms with Gasteiger partial charge in [-0.1, -0.05) is 29.4 Å². The van der Waals surface area contributed by atoms with Crippen LogP contribution >= 0.6 is 7.82 Å². The summed E-state index contributed by atoms with van der Waals surface area (Å²) in [7, 11) is -3.86. The van der Waals surface area contributed by atoms with Crippen LogP contribution in [-0.4, -0.2) is 65.8 Å². The topological polar surface area (TPSA) is 181 Å². The molecule has 0 radical (unpaired) electrons. The van der Waals surface area contributed by atoms with Gasteiger partial charge in [-0.15, -0.1) is 0 Å². The van der Waals surface area contributed by atoms with Gasteiger partial charge in [0.25, 0.3) is 0 Å². The smallest absolute Gasteiger partial charge is 0.482 e. The third kappa shape index (κ3) is 5.57. The maximum atomic E-state index is 15.3. The molecular weight excluding hydrogens is 739 g/mol. The Bertz CT molecular complexity index is 2210. The lowest BCUT2D eigenvalue weighted by Gasteiger charge is -2.66. The molecule has 7 aliphatic rings. The zero-order valence-electron chi connectivity index (χ0n) is 33.3. The number of anilines is 1. The molecule has 8 unspecified atom stereocenters. The monoisotopic (exact) mass is 790 g/mol. The van der Waals surface area contributed by atoms with Gasteiger partial charge >= 0.3 is 13.8 Å². The number of nitrogens with zero attached hydrogens (tertiary/aromatic N) is 3. The summed E-state index contributed by atoms with van der Waals surface area (Å²) in [5, 5.41) is 8.18. The van der Waals surface area contributed by atoms with E-state index in [4.69, 9.17) is 23.5 Å². The number of phosphoric acid groups is 1. The number of ketones is 1. The molecule has 300 valence electrons. The van der Waals surface area contributed by atoms with E-state index in [-0.39, 0.29) is 23.9 Å². The predicted molar refractivity (Wildman–Crippen MR) is 206 cm³/mol. The van der Waals surface area contributed by atoms with E-state index in [1.54, 1.807) is 17.7 Å². The van der Waals surface area contributed by atoms with Gasteiger partial charge in [0.2, 0.25) is 5.95 Å². The number of hydrogen-bond donors (Lipinski definition) is 3. The first-order valence-electron chi connectivity index (χ1n) is 19.2. The highest BCUT2D eigenvalue weighted by molar-refractivity contribution is 7.46. The third-order valence-corrected chi connectivity index (χ3v) is 13.2. The molecule has 3 saturated carbocycles. The van der Waals surface area contributed by atoms with Gasteiger partial charge in [-0.2, -0.15) is 10.1 Å². The first-order chi connectivity index (χ1) is 26.3. The second kappa shape index (κ2) is 12.9. The summed E-state index contributed by atoms with van der Waals surface area (Å²) in [4.78, 5) is 53.6. The zero-order valence-corrected chi connectivity index (χ0v) is 34.2. The largest absolute Gasteiger partial charge is 0.524 e. The lowest BCUT2D eigenvalue weighted by Crippen LogP contribution is -2.79. The third-order valence-electron chi connectivity index (χ3n) is 12.8. The van der Waals surface area contributed by atoms with Crippen molar-refractivity contribution in [1.29, 1.82) is 0 Å². The van der Waals surface area contributed by atoms with E-state index in [1.165, 1.54) is 19.0 Å². The summed E-state index contributed by atoms with van der Waals surface area (Å²) in [6.07, 6.45) is 13.3. The van der Waals surface area contributed by atoms with Crippen LogP contribution < -0.4 is 19.3 Å². The molecule has 5 heterocycles. The van der Waals surface area contributed by atoms with Gasteiger partial charge in [0.05, 0.1) is 41.8 Å². The molecule has 1 spiro atoms. The SMILES string of the molecule is COC(=O)/C(C)=C\CC12OC(C)(C)C3CC(C1=O)C1C4C(Nc5ncnn51)c1c(OP(=O)(O)O)c5c(c(CC=C(C)C)c1OC432)OC(C)(CCC=C(C)C)C=C5. The van der Waals surface area contributed by atoms with Gasteiger partial charge in [0.15, 0.2) is 22.7 Å². The van der Waals surface area contributed by atoms with E-state index < -0.39 is 60.1 Å². The van der Waals surface area contributed by atoms with Crippen molar-refractivity contribution in [3.63, 3.8) is 0 Å². The van der Waals surface area contributed by atoms with E-state index in [0.717, 1.165) is 12.0 Å². The predicted octanol–water partition coefficient (Wildman–Crippen LogP) is 6.90. The number of benzene rings is 1. The maximum Gasteiger partial charge on any atom is 0.524 e. The van der Waals surface area contributed by atoms with Gasteiger partial charge in [0, 0.05) is 29.4 Å². The van der Waals surface area contributed by atoms with Crippen molar-refractivity contribution in [3.05, 3.63) is 64.0 Å². The van der Waals surface area contributed by atoms with Crippen molar-refractivity contribution >= 4 is 31.6 Å². The van der Waals surface area contributed by atoms with E-state index in [2.05, 4.69) is 27.6 Å². The molecule has 9 rings (SSSR count). The van der Waals surface area contributed by atoms with Crippen LogP contribution in [0.4, 0.5) is 5.95 Å². The van der Waals surface area contributed by atoms with Crippen LogP contribution in [0.25, 0.3) is 6.08 Å². The molecule has 1 aromatic carbocycles. The Morgan fingerprint density at radius 3 is 2.50 bits per heavy atom. The second-order valence-corrected chi connectivity index (χ2v) is 18.5. The molecule has 4 bridgehead atoms. The fourth-order valence-corrected chi connectivity index (χ4v) is 11.0.